The number of hydrogen-bond acceptors (Lipinski definition) is 9. The van der Waals surface area contributed by atoms with Gasteiger partial charge in [0, 0.05) is 99.3 Å². The van der Waals surface area contributed by atoms with Gasteiger partial charge in [-0.05, 0) is 57.3 Å². The third-order valence-corrected chi connectivity index (χ3v) is 8.91. The number of carbonyl (C=O) groups is 1. The molecule has 0 atom stereocenters. The Morgan fingerprint density at radius 2 is 1.57 bits per heavy atom. The van der Waals surface area contributed by atoms with Gasteiger partial charge >= 0.3 is 6.18 Å². The van der Waals surface area contributed by atoms with E-state index in [9.17, 15) is 18.0 Å². The fraction of sp³-hybridized carbons (Fsp3) is 0.412. The van der Waals surface area contributed by atoms with Crippen LogP contribution in [0.25, 0.3) is 5.70 Å². The van der Waals surface area contributed by atoms with Crippen LogP contribution in [0.2, 0.25) is 0 Å². The summed E-state index contributed by atoms with van der Waals surface area (Å²) in [6.45, 7) is 8.58. The van der Waals surface area contributed by atoms with Crippen molar-refractivity contribution in [3.8, 4) is 0 Å². The standard InChI is InChI=1S/C34H44F3N9O/c1-24-4-5-25(19-32(24)46(39)23-31(38)26-18-30(22-40-21-26)45-16-12-43(3)13-17-45)33(47)41-28-8-6-27(34(35,36)37)7-9-29(20-28)44-14-10-42(2)11-15-44/h4-5,7-8,18-23H,6,9-17,38-39H2,1-3H3,(H,41,47)/b27-7?,28-8+,29-20+,31-23-. The fourth-order valence-corrected chi connectivity index (χ4v) is 5.81. The predicted molar refractivity (Wildman–Crippen MR) is 180 cm³/mol. The Bertz CT molecular complexity index is 1570. The molecule has 2 saturated heterocycles. The number of pyridine rings is 1. The molecule has 3 heterocycles. The highest BCUT2D eigenvalue weighted by Gasteiger charge is 2.33. The number of alkyl halides is 3. The second-order valence-electron chi connectivity index (χ2n) is 12.4. The van der Waals surface area contributed by atoms with Crippen molar-refractivity contribution in [2.45, 2.75) is 25.9 Å². The van der Waals surface area contributed by atoms with E-state index in [4.69, 9.17) is 11.6 Å². The van der Waals surface area contributed by atoms with Gasteiger partial charge in [-0.25, -0.2) is 5.84 Å². The van der Waals surface area contributed by atoms with Crippen LogP contribution in [0.4, 0.5) is 24.5 Å². The molecule has 13 heteroatoms. The number of likely N-dealkylation sites (N-methyl/N-ethyl adjacent to an activating group) is 2. The lowest BCUT2D eigenvalue weighted by Gasteiger charge is -2.36. The molecule has 252 valence electrons. The second-order valence-corrected chi connectivity index (χ2v) is 12.4. The maximum atomic E-state index is 13.7. The van der Waals surface area contributed by atoms with E-state index in [0.29, 0.717) is 35.7 Å². The number of aromatic nitrogens is 1. The van der Waals surface area contributed by atoms with Gasteiger partial charge in [0.1, 0.15) is 0 Å². The normalized spacial score (nSPS) is 21.2. The van der Waals surface area contributed by atoms with Crippen molar-refractivity contribution in [1.82, 2.24) is 25.0 Å². The summed E-state index contributed by atoms with van der Waals surface area (Å²) in [6, 6.07) is 7.06. The second kappa shape index (κ2) is 14.6. The third kappa shape index (κ3) is 8.73. The van der Waals surface area contributed by atoms with Crippen LogP contribution in [-0.2, 0) is 0 Å². The summed E-state index contributed by atoms with van der Waals surface area (Å²) in [5.74, 6) is 6.00. The summed E-state index contributed by atoms with van der Waals surface area (Å²) in [5, 5.41) is 4.21. The average molecular weight is 652 g/mol. The number of benzene rings is 1. The summed E-state index contributed by atoms with van der Waals surface area (Å²) in [7, 11) is 4.12. The Morgan fingerprint density at radius 3 is 2.23 bits per heavy atom. The first-order valence-corrected chi connectivity index (χ1v) is 15.8. The van der Waals surface area contributed by atoms with E-state index < -0.39 is 17.7 Å². The number of rotatable bonds is 7. The van der Waals surface area contributed by atoms with Crippen LogP contribution in [-0.4, -0.2) is 98.2 Å². The number of hydrazine groups is 1. The van der Waals surface area contributed by atoms with Gasteiger partial charge in [0.2, 0.25) is 0 Å². The summed E-state index contributed by atoms with van der Waals surface area (Å²) >= 11 is 0. The van der Waals surface area contributed by atoms with Gasteiger partial charge in [-0.2, -0.15) is 13.2 Å². The third-order valence-electron chi connectivity index (χ3n) is 8.91. The largest absolute Gasteiger partial charge is 0.412 e. The molecule has 0 saturated carbocycles. The average Bonchev–Trinajstić information content (AvgIpc) is 3.02. The molecule has 47 heavy (non-hydrogen) atoms. The number of hydrogen-bond donors (Lipinski definition) is 3. The van der Waals surface area contributed by atoms with Crippen LogP contribution in [0.1, 0.15) is 34.3 Å². The summed E-state index contributed by atoms with van der Waals surface area (Å²) in [6.07, 6.45) is 4.88. The molecule has 10 nitrogen and oxygen atoms in total. The van der Waals surface area contributed by atoms with Gasteiger partial charge in [0.15, 0.2) is 0 Å². The first-order valence-electron chi connectivity index (χ1n) is 15.8. The Balaban J connectivity index is 1.34. The molecule has 5 rings (SSSR count). The van der Waals surface area contributed by atoms with Crippen LogP contribution in [0.5, 0.6) is 0 Å². The Hall–Kier alpha value is -4.33. The molecule has 0 bridgehead atoms. The number of amides is 1. The zero-order valence-corrected chi connectivity index (χ0v) is 27.2. The topological polar surface area (TPSA) is 110 Å². The minimum Gasteiger partial charge on any atom is -0.397 e. The van der Waals surface area contributed by atoms with Gasteiger partial charge in [-0.1, -0.05) is 18.2 Å². The number of nitrogens with two attached hydrogens (primary N) is 2. The Morgan fingerprint density at radius 1 is 0.915 bits per heavy atom. The molecule has 2 aromatic rings. The highest BCUT2D eigenvalue weighted by atomic mass is 19.4. The van der Waals surface area contributed by atoms with Crippen LogP contribution in [0.3, 0.4) is 0 Å². The molecule has 2 aliphatic heterocycles. The number of aryl methyl sites for hydroxylation is 1. The highest BCUT2D eigenvalue weighted by molar-refractivity contribution is 5.96. The molecule has 3 aliphatic rings. The minimum atomic E-state index is -4.45. The number of piperazine rings is 2. The lowest BCUT2D eigenvalue weighted by molar-refractivity contribution is -0.0931. The maximum Gasteiger partial charge on any atom is 0.412 e. The van der Waals surface area contributed by atoms with Gasteiger partial charge < -0.3 is 30.7 Å². The molecule has 1 amide bonds. The van der Waals surface area contributed by atoms with Crippen molar-refractivity contribution >= 4 is 23.0 Å². The lowest BCUT2D eigenvalue weighted by Crippen LogP contribution is -2.44. The van der Waals surface area contributed by atoms with Gasteiger partial charge in [0.05, 0.1) is 23.3 Å². The molecule has 1 aliphatic carbocycles. The molecular weight excluding hydrogens is 607 g/mol. The maximum absolute atomic E-state index is 13.7. The Labute approximate surface area is 274 Å². The summed E-state index contributed by atoms with van der Waals surface area (Å²) in [4.78, 5) is 26.7. The van der Waals surface area contributed by atoms with E-state index in [1.165, 1.54) is 17.2 Å². The number of carbonyl (C=O) groups excluding carboxylic acids is 1. The van der Waals surface area contributed by atoms with E-state index in [-0.39, 0.29) is 12.8 Å². The molecule has 2 fully saturated rings. The van der Waals surface area contributed by atoms with Crippen molar-refractivity contribution in [1.29, 1.82) is 0 Å². The minimum absolute atomic E-state index is 0.129. The van der Waals surface area contributed by atoms with E-state index in [2.05, 4.69) is 36.9 Å². The molecule has 5 N–H and O–H groups in total. The molecule has 1 aromatic carbocycles. The van der Waals surface area contributed by atoms with E-state index in [1.54, 1.807) is 36.7 Å². The molecule has 0 unspecified atom stereocenters. The molecule has 0 spiro atoms. The number of nitrogens with zero attached hydrogens (tertiary/aromatic N) is 6. The predicted octanol–water partition coefficient (Wildman–Crippen LogP) is 3.81. The smallest absolute Gasteiger partial charge is 0.397 e. The lowest BCUT2D eigenvalue weighted by atomic mass is 10.0. The Kier molecular flexibility index (Phi) is 10.6. The first-order chi connectivity index (χ1) is 22.4. The SMILES string of the molecule is Cc1ccc(C(=O)NC2=C/CC(C(F)(F)F)=CC/C(N3CCN(C)CC3)=C\2)cc1N(N)/C=C(\N)c1cncc(N2CCN(C)CC2)c1. The van der Waals surface area contributed by atoms with Crippen LogP contribution in [0.15, 0.2) is 78.1 Å². The van der Waals surface area contributed by atoms with E-state index >= 15 is 0 Å². The molecular formula is C34H44F3N9O. The van der Waals surface area contributed by atoms with Crippen molar-refractivity contribution in [3.05, 3.63) is 94.7 Å². The van der Waals surface area contributed by atoms with Crippen molar-refractivity contribution < 1.29 is 18.0 Å². The summed E-state index contributed by atoms with van der Waals surface area (Å²) in [5.41, 5.74) is 10.6. The van der Waals surface area contributed by atoms with Crippen LogP contribution in [0, 0.1) is 6.92 Å². The number of halogens is 3. The van der Waals surface area contributed by atoms with Crippen LogP contribution >= 0.6 is 0 Å². The zero-order chi connectivity index (χ0) is 33.7. The summed E-state index contributed by atoms with van der Waals surface area (Å²) < 4.78 is 41.2. The van der Waals surface area contributed by atoms with Crippen LogP contribution < -0.4 is 26.8 Å². The van der Waals surface area contributed by atoms with Crippen molar-refractivity contribution in [2.24, 2.45) is 11.6 Å². The van der Waals surface area contributed by atoms with E-state index in [1.807, 2.05) is 26.2 Å². The monoisotopic (exact) mass is 651 g/mol. The van der Waals surface area contributed by atoms with Gasteiger partial charge in [-0.15, -0.1) is 0 Å². The number of anilines is 2. The van der Waals surface area contributed by atoms with Crippen molar-refractivity contribution in [3.63, 3.8) is 0 Å². The van der Waals surface area contributed by atoms with Gasteiger partial charge in [0.25, 0.3) is 5.91 Å². The molecule has 0 radical (unpaired) electrons. The fourth-order valence-electron chi connectivity index (χ4n) is 5.81. The quantitative estimate of drug-likeness (QED) is 0.234. The first kappa shape index (κ1) is 34.0. The van der Waals surface area contributed by atoms with Gasteiger partial charge in [-0.3, -0.25) is 14.8 Å². The highest BCUT2D eigenvalue weighted by Crippen LogP contribution is 2.32. The zero-order valence-electron chi connectivity index (χ0n) is 27.2. The van der Waals surface area contributed by atoms with Crippen molar-refractivity contribution in [2.75, 3.05) is 76.4 Å². The number of nitrogens with one attached hydrogen (secondary N) is 1. The van der Waals surface area contributed by atoms with E-state index in [0.717, 1.165) is 61.8 Å². The molecule has 1 aromatic heterocycles. The number of allylic oxidation sites excluding steroid dienone is 4.